The Kier molecular flexibility index (Phi) is 5.63. The van der Waals surface area contributed by atoms with E-state index < -0.39 is 0 Å². The van der Waals surface area contributed by atoms with Gasteiger partial charge in [0, 0.05) is 36.0 Å². The molecule has 0 amide bonds. The van der Waals surface area contributed by atoms with Gasteiger partial charge >= 0.3 is 0 Å². The van der Waals surface area contributed by atoms with Crippen LogP contribution in [-0.4, -0.2) is 55.5 Å². The number of para-hydroxylation sites is 1. The second-order valence-corrected chi connectivity index (χ2v) is 7.73. The van der Waals surface area contributed by atoms with Gasteiger partial charge in [-0.1, -0.05) is 18.2 Å². The molecule has 2 aliphatic rings. The molecule has 156 valence electrons. The summed E-state index contributed by atoms with van der Waals surface area (Å²) in [5.41, 5.74) is 2.99. The van der Waals surface area contributed by atoms with Gasteiger partial charge in [0.1, 0.15) is 17.4 Å². The van der Waals surface area contributed by atoms with Crippen LogP contribution in [0.4, 0.5) is 17.3 Å². The molecule has 2 aliphatic heterocycles. The summed E-state index contributed by atoms with van der Waals surface area (Å²) in [6.45, 7) is 5.35. The lowest BCUT2D eigenvalue weighted by atomic mass is 10.1. The number of nitrogens with zero attached hydrogens (tertiary/aromatic N) is 3. The topological polar surface area (TPSA) is 71.5 Å². The number of ether oxygens (including phenoxy) is 2. The molecule has 3 aromatic rings. The fourth-order valence-corrected chi connectivity index (χ4v) is 4.01. The molecule has 2 fully saturated rings. The maximum Gasteiger partial charge on any atom is 0.227 e. The zero-order valence-corrected chi connectivity index (χ0v) is 17.0. The first-order valence-corrected chi connectivity index (χ1v) is 10.7. The third-order valence-electron chi connectivity index (χ3n) is 5.63. The van der Waals surface area contributed by atoms with Crippen LogP contribution in [0.1, 0.15) is 12.8 Å². The molecule has 0 atom stereocenters. The fourth-order valence-electron chi connectivity index (χ4n) is 4.01. The molecule has 0 saturated carbocycles. The maximum atomic E-state index is 6.30. The van der Waals surface area contributed by atoms with Gasteiger partial charge in [0.25, 0.3) is 0 Å². The van der Waals surface area contributed by atoms with Gasteiger partial charge in [-0.2, -0.15) is 0 Å². The van der Waals surface area contributed by atoms with Crippen LogP contribution >= 0.6 is 0 Å². The minimum atomic E-state index is 0.230. The summed E-state index contributed by atoms with van der Waals surface area (Å²) in [6, 6.07) is 14.4. The molecule has 2 saturated heterocycles. The van der Waals surface area contributed by atoms with Crippen molar-refractivity contribution in [1.29, 1.82) is 0 Å². The van der Waals surface area contributed by atoms with Crippen molar-refractivity contribution < 1.29 is 9.47 Å². The molecule has 0 radical (unpaired) electrons. The van der Waals surface area contributed by atoms with E-state index in [0.29, 0.717) is 5.95 Å². The summed E-state index contributed by atoms with van der Waals surface area (Å²) >= 11 is 0. The number of piperidine rings is 1. The van der Waals surface area contributed by atoms with Crippen LogP contribution in [0.25, 0.3) is 10.9 Å². The van der Waals surface area contributed by atoms with Gasteiger partial charge in [0.05, 0.1) is 13.2 Å². The first kappa shape index (κ1) is 19.1. The van der Waals surface area contributed by atoms with Crippen molar-refractivity contribution in [3.8, 4) is 5.75 Å². The molecule has 3 heterocycles. The predicted molar refractivity (Wildman–Crippen MR) is 119 cm³/mol. The molecule has 0 unspecified atom stereocenters. The zero-order valence-electron chi connectivity index (χ0n) is 17.0. The largest absolute Gasteiger partial charge is 0.488 e. The van der Waals surface area contributed by atoms with E-state index in [1.165, 1.54) is 5.69 Å². The number of aromatic nitrogens is 2. The lowest BCUT2D eigenvalue weighted by molar-refractivity contribution is 0.122. The monoisotopic (exact) mass is 405 g/mol. The highest BCUT2D eigenvalue weighted by Crippen LogP contribution is 2.28. The molecule has 0 aliphatic carbocycles. The van der Waals surface area contributed by atoms with E-state index >= 15 is 0 Å². The molecule has 5 rings (SSSR count). The van der Waals surface area contributed by atoms with E-state index in [-0.39, 0.29) is 6.10 Å². The van der Waals surface area contributed by atoms with E-state index in [4.69, 9.17) is 14.5 Å². The van der Waals surface area contributed by atoms with Crippen LogP contribution in [0.5, 0.6) is 5.75 Å². The lowest BCUT2D eigenvalue weighted by Gasteiger charge is -2.29. The van der Waals surface area contributed by atoms with Crippen LogP contribution in [0.3, 0.4) is 0 Å². The van der Waals surface area contributed by atoms with E-state index in [1.54, 1.807) is 0 Å². The first-order chi connectivity index (χ1) is 14.8. The maximum absolute atomic E-state index is 6.30. The van der Waals surface area contributed by atoms with Crippen molar-refractivity contribution in [2.24, 2.45) is 0 Å². The molecule has 7 nitrogen and oxygen atoms in total. The molecular weight excluding hydrogens is 378 g/mol. The Balaban J connectivity index is 1.37. The standard InChI is InChI=1S/C23H27N5O2/c1-3-17-16-25-23(27-22(17)21(6-1)30-20-7-9-24-10-8-20)26-18-4-2-5-19(15-18)28-11-13-29-14-12-28/h1-6,15-16,20,24H,7-14H2,(H,25,26,27). The van der Waals surface area contributed by atoms with E-state index in [1.807, 2.05) is 30.5 Å². The molecule has 1 aromatic heterocycles. The molecular formula is C23H27N5O2. The lowest BCUT2D eigenvalue weighted by Crippen LogP contribution is -2.36. The molecule has 0 spiro atoms. The Labute approximate surface area is 176 Å². The van der Waals surface area contributed by atoms with Crippen molar-refractivity contribution in [1.82, 2.24) is 15.3 Å². The van der Waals surface area contributed by atoms with Crippen molar-refractivity contribution in [3.05, 3.63) is 48.7 Å². The molecule has 2 aromatic carbocycles. The highest BCUT2D eigenvalue weighted by molar-refractivity contribution is 5.85. The number of fused-ring (bicyclic) bond motifs is 1. The van der Waals surface area contributed by atoms with Crippen molar-refractivity contribution in [2.45, 2.75) is 18.9 Å². The Bertz CT molecular complexity index is 1000. The van der Waals surface area contributed by atoms with Gasteiger partial charge in [-0.3, -0.25) is 0 Å². The second kappa shape index (κ2) is 8.85. The third kappa shape index (κ3) is 4.32. The quantitative estimate of drug-likeness (QED) is 0.675. The highest BCUT2D eigenvalue weighted by Gasteiger charge is 2.17. The zero-order chi connectivity index (χ0) is 20.2. The molecule has 2 N–H and O–H groups in total. The van der Waals surface area contributed by atoms with Crippen LogP contribution in [-0.2, 0) is 4.74 Å². The van der Waals surface area contributed by atoms with Crippen molar-refractivity contribution in [3.63, 3.8) is 0 Å². The molecule has 30 heavy (non-hydrogen) atoms. The summed E-state index contributed by atoms with van der Waals surface area (Å²) in [5.74, 6) is 1.40. The number of hydrogen-bond acceptors (Lipinski definition) is 7. The predicted octanol–water partition coefficient (Wildman–Crippen LogP) is 3.34. The minimum absolute atomic E-state index is 0.230. The molecule has 0 bridgehead atoms. The number of morpholine rings is 1. The summed E-state index contributed by atoms with van der Waals surface area (Å²) in [6.07, 6.45) is 4.11. The minimum Gasteiger partial charge on any atom is -0.488 e. The Morgan fingerprint density at radius 1 is 1.07 bits per heavy atom. The summed E-state index contributed by atoms with van der Waals surface area (Å²) < 4.78 is 11.8. The Hall–Kier alpha value is -2.90. The Morgan fingerprint density at radius 2 is 1.90 bits per heavy atom. The van der Waals surface area contributed by atoms with E-state index in [9.17, 15) is 0 Å². The van der Waals surface area contributed by atoms with Crippen LogP contribution in [0.15, 0.2) is 48.7 Å². The third-order valence-corrected chi connectivity index (χ3v) is 5.63. The Morgan fingerprint density at radius 3 is 2.77 bits per heavy atom. The van der Waals surface area contributed by atoms with Gasteiger partial charge in [-0.05, 0) is 50.2 Å². The fraction of sp³-hybridized carbons (Fsp3) is 0.391. The first-order valence-electron chi connectivity index (χ1n) is 10.7. The average Bonchev–Trinajstić information content (AvgIpc) is 2.81. The second-order valence-electron chi connectivity index (χ2n) is 7.73. The highest BCUT2D eigenvalue weighted by atomic mass is 16.5. The smallest absolute Gasteiger partial charge is 0.227 e. The van der Waals surface area contributed by atoms with Gasteiger partial charge < -0.3 is 25.0 Å². The summed E-state index contributed by atoms with van der Waals surface area (Å²) in [5, 5.41) is 7.72. The van der Waals surface area contributed by atoms with Crippen molar-refractivity contribution in [2.75, 3.05) is 49.6 Å². The van der Waals surface area contributed by atoms with Crippen LogP contribution < -0.4 is 20.3 Å². The number of nitrogens with one attached hydrogen (secondary N) is 2. The molecule has 7 heteroatoms. The van der Waals surface area contributed by atoms with E-state index in [2.05, 4.69) is 38.7 Å². The van der Waals surface area contributed by atoms with Gasteiger partial charge in [-0.25, -0.2) is 9.97 Å². The van der Waals surface area contributed by atoms with E-state index in [0.717, 1.165) is 74.6 Å². The SMILES string of the molecule is c1cc(Nc2ncc3cccc(OC4CCNCC4)c3n2)cc(N2CCOCC2)c1. The number of rotatable bonds is 5. The normalized spacial score (nSPS) is 17.8. The number of anilines is 3. The van der Waals surface area contributed by atoms with Crippen LogP contribution in [0, 0.1) is 0 Å². The number of benzene rings is 2. The summed E-state index contributed by atoms with van der Waals surface area (Å²) in [4.78, 5) is 11.6. The number of hydrogen-bond donors (Lipinski definition) is 2. The van der Waals surface area contributed by atoms with Crippen LogP contribution in [0.2, 0.25) is 0 Å². The summed E-state index contributed by atoms with van der Waals surface area (Å²) in [7, 11) is 0. The van der Waals surface area contributed by atoms with Crippen molar-refractivity contribution >= 4 is 28.2 Å². The van der Waals surface area contributed by atoms with Gasteiger partial charge in [-0.15, -0.1) is 0 Å². The van der Waals surface area contributed by atoms with Gasteiger partial charge in [0.15, 0.2) is 0 Å². The van der Waals surface area contributed by atoms with Gasteiger partial charge in [0.2, 0.25) is 5.95 Å². The average molecular weight is 406 g/mol.